The number of rotatable bonds is 7. The van der Waals surface area contributed by atoms with E-state index in [-0.39, 0.29) is 6.61 Å². The summed E-state index contributed by atoms with van der Waals surface area (Å²) in [6, 6.07) is 0. The second-order valence-electron chi connectivity index (χ2n) is 2.00. The van der Waals surface area contributed by atoms with Crippen LogP contribution in [0.2, 0.25) is 0 Å². The largest absolute Gasteiger partial charge is 0.426 e. The molecule has 0 radical (unpaired) electrons. The molecule has 7 heteroatoms. The van der Waals surface area contributed by atoms with Crippen LogP contribution in [-0.2, 0) is 28.5 Å². The summed E-state index contributed by atoms with van der Waals surface area (Å²) in [4.78, 5) is 4.36. The van der Waals surface area contributed by atoms with Crippen molar-refractivity contribution in [1.29, 1.82) is 0 Å². The van der Waals surface area contributed by atoms with Gasteiger partial charge < -0.3 is 4.74 Å². The molecule has 0 saturated carbocycles. The Balaban J connectivity index is 3.74. The van der Waals surface area contributed by atoms with Crippen molar-refractivity contribution < 1.29 is 26.6 Å². The quantitative estimate of drug-likeness (QED) is 0.351. The van der Waals surface area contributed by atoms with E-state index in [0.717, 1.165) is 0 Å². The summed E-state index contributed by atoms with van der Waals surface area (Å²) in [5.41, 5.74) is 0. The van der Waals surface area contributed by atoms with Crippen LogP contribution in [0.5, 0.6) is 0 Å². The van der Waals surface area contributed by atoms with E-state index in [1.807, 2.05) is 0 Å². The molecular weight excluding hydrogens is 200 g/mol. The predicted molar refractivity (Wildman–Crippen MR) is 43.8 cm³/mol. The maximum absolute atomic E-state index is 10.7. The van der Waals surface area contributed by atoms with Crippen LogP contribution in [-0.4, -0.2) is 27.9 Å². The molecule has 0 rings (SSSR count). The summed E-state index contributed by atoms with van der Waals surface area (Å²) in [7, 11) is -4.05. The lowest BCUT2D eigenvalue weighted by molar-refractivity contribution is -0.312. The van der Waals surface area contributed by atoms with Gasteiger partial charge in [0.1, 0.15) is 0 Å². The topological polar surface area (TPSA) is 71.1 Å². The van der Waals surface area contributed by atoms with Crippen LogP contribution < -0.4 is 0 Å². The maximum Gasteiger partial charge on any atom is 0.426 e. The van der Waals surface area contributed by atoms with Crippen molar-refractivity contribution in [3.05, 3.63) is 0 Å². The number of hydrogen-bond donors (Lipinski definition) is 0. The Morgan fingerprint density at radius 1 is 1.23 bits per heavy atom. The summed E-state index contributed by atoms with van der Waals surface area (Å²) in [6.07, 6.45) is -0.750. The SMILES string of the molecule is CCOC(C)OOS(=O)(=O)OCC. The average molecular weight is 214 g/mol. The number of ether oxygens (including phenoxy) is 1. The molecule has 0 fully saturated rings. The third-order valence-corrected chi connectivity index (χ3v) is 1.69. The van der Waals surface area contributed by atoms with E-state index in [1.165, 1.54) is 13.8 Å². The van der Waals surface area contributed by atoms with E-state index in [2.05, 4.69) is 13.4 Å². The second-order valence-corrected chi connectivity index (χ2v) is 3.19. The Kier molecular flexibility index (Phi) is 6.17. The smallest absolute Gasteiger partial charge is 0.350 e. The third-order valence-electron chi connectivity index (χ3n) is 0.922. The summed E-state index contributed by atoms with van der Waals surface area (Å²) in [5, 5.41) is 0. The summed E-state index contributed by atoms with van der Waals surface area (Å²) < 4.78 is 34.5. The first-order valence-electron chi connectivity index (χ1n) is 3.87. The lowest BCUT2D eigenvalue weighted by atomic mass is 10.7. The second kappa shape index (κ2) is 6.28. The molecule has 0 aromatic carbocycles. The molecule has 0 aromatic heterocycles. The first-order chi connectivity index (χ1) is 6.02. The lowest BCUT2D eigenvalue weighted by Crippen LogP contribution is -2.18. The predicted octanol–water partition coefficient (Wildman–Crippen LogP) is 0.598. The van der Waals surface area contributed by atoms with Gasteiger partial charge in [-0.3, -0.25) is 0 Å². The van der Waals surface area contributed by atoms with E-state index >= 15 is 0 Å². The molecule has 0 aliphatic heterocycles. The van der Waals surface area contributed by atoms with Crippen molar-refractivity contribution in [2.75, 3.05) is 13.2 Å². The van der Waals surface area contributed by atoms with Gasteiger partial charge in [0, 0.05) is 6.61 Å². The van der Waals surface area contributed by atoms with Crippen LogP contribution in [0.3, 0.4) is 0 Å². The summed E-state index contributed by atoms with van der Waals surface area (Å²) >= 11 is 0. The molecule has 0 bridgehead atoms. The highest BCUT2D eigenvalue weighted by molar-refractivity contribution is 7.81. The van der Waals surface area contributed by atoms with Crippen LogP contribution in [0.15, 0.2) is 0 Å². The van der Waals surface area contributed by atoms with E-state index in [1.54, 1.807) is 6.92 Å². The minimum Gasteiger partial charge on any atom is -0.350 e. The zero-order valence-electron chi connectivity index (χ0n) is 7.85. The minimum absolute atomic E-state index is 0.00525. The zero-order chi connectivity index (χ0) is 10.3. The van der Waals surface area contributed by atoms with Crippen molar-refractivity contribution in [3.8, 4) is 0 Å². The first kappa shape index (κ1) is 12.8. The Morgan fingerprint density at radius 3 is 2.31 bits per heavy atom. The van der Waals surface area contributed by atoms with Gasteiger partial charge >= 0.3 is 10.4 Å². The molecular formula is C6H14O6S. The molecule has 0 aliphatic rings. The Morgan fingerprint density at radius 2 is 1.85 bits per heavy atom. The van der Waals surface area contributed by atoms with Crippen molar-refractivity contribution >= 4 is 10.4 Å². The van der Waals surface area contributed by atoms with Crippen LogP contribution in [0.4, 0.5) is 0 Å². The van der Waals surface area contributed by atoms with E-state index in [9.17, 15) is 8.42 Å². The molecule has 0 amide bonds. The highest BCUT2D eigenvalue weighted by atomic mass is 32.3. The highest BCUT2D eigenvalue weighted by Crippen LogP contribution is 2.01. The third kappa shape index (κ3) is 6.91. The molecule has 6 nitrogen and oxygen atoms in total. The molecule has 1 unspecified atom stereocenters. The van der Waals surface area contributed by atoms with Gasteiger partial charge in [-0.05, 0) is 20.8 Å². The molecule has 80 valence electrons. The molecule has 0 aliphatic carbocycles. The van der Waals surface area contributed by atoms with E-state index < -0.39 is 16.7 Å². The van der Waals surface area contributed by atoms with Gasteiger partial charge in [-0.25, -0.2) is 4.18 Å². The van der Waals surface area contributed by atoms with Crippen LogP contribution in [0.1, 0.15) is 20.8 Å². The molecule has 13 heavy (non-hydrogen) atoms. The zero-order valence-corrected chi connectivity index (χ0v) is 8.67. The van der Waals surface area contributed by atoms with Crippen LogP contribution in [0.25, 0.3) is 0 Å². The Hall–Kier alpha value is -0.210. The fourth-order valence-corrected chi connectivity index (χ4v) is 1.06. The van der Waals surface area contributed by atoms with Crippen molar-refractivity contribution in [1.82, 2.24) is 0 Å². The molecule has 0 heterocycles. The van der Waals surface area contributed by atoms with Gasteiger partial charge in [0.05, 0.1) is 6.61 Å². The number of hydrogen-bond acceptors (Lipinski definition) is 6. The summed E-state index contributed by atoms with van der Waals surface area (Å²) in [5.74, 6) is 0. The van der Waals surface area contributed by atoms with E-state index in [4.69, 9.17) is 4.74 Å². The van der Waals surface area contributed by atoms with E-state index in [0.29, 0.717) is 6.61 Å². The maximum atomic E-state index is 10.7. The fraction of sp³-hybridized carbons (Fsp3) is 1.00. The normalized spacial score (nSPS) is 14.4. The van der Waals surface area contributed by atoms with Gasteiger partial charge in [-0.15, -0.1) is 0 Å². The van der Waals surface area contributed by atoms with Crippen LogP contribution >= 0.6 is 0 Å². The highest BCUT2D eigenvalue weighted by Gasteiger charge is 2.14. The molecule has 0 saturated heterocycles. The standard InChI is InChI=1S/C6H14O6S/c1-4-9-6(3)11-12-13(7,8)10-5-2/h6H,4-5H2,1-3H3. The Labute approximate surface area is 78.0 Å². The molecule has 0 aromatic rings. The molecule has 1 atom stereocenters. The van der Waals surface area contributed by atoms with Gasteiger partial charge in [0.2, 0.25) is 0 Å². The molecule has 0 spiro atoms. The van der Waals surface area contributed by atoms with Gasteiger partial charge in [0.25, 0.3) is 0 Å². The van der Waals surface area contributed by atoms with Crippen molar-refractivity contribution in [2.45, 2.75) is 27.1 Å². The first-order valence-corrected chi connectivity index (χ1v) is 5.21. The van der Waals surface area contributed by atoms with Gasteiger partial charge in [-0.1, -0.05) is 4.33 Å². The van der Waals surface area contributed by atoms with Crippen molar-refractivity contribution in [2.24, 2.45) is 0 Å². The monoisotopic (exact) mass is 214 g/mol. The average Bonchev–Trinajstić information content (AvgIpc) is 2.02. The molecule has 0 N–H and O–H groups in total. The van der Waals surface area contributed by atoms with Gasteiger partial charge in [0.15, 0.2) is 6.29 Å². The lowest BCUT2D eigenvalue weighted by Gasteiger charge is -2.10. The summed E-state index contributed by atoms with van der Waals surface area (Å²) in [6.45, 7) is 5.17. The van der Waals surface area contributed by atoms with Crippen molar-refractivity contribution in [3.63, 3.8) is 0 Å². The van der Waals surface area contributed by atoms with Crippen LogP contribution in [0, 0.1) is 0 Å². The van der Waals surface area contributed by atoms with Gasteiger partial charge in [-0.2, -0.15) is 13.3 Å². The fourth-order valence-electron chi connectivity index (χ4n) is 0.530. The minimum atomic E-state index is -4.05. The Bertz CT molecular complexity index is 211.